The smallest absolute Gasteiger partial charge is 0.336 e. The van der Waals surface area contributed by atoms with Crippen molar-refractivity contribution >= 4 is 6.21 Å². The summed E-state index contributed by atoms with van der Waals surface area (Å²) in [5, 5.41) is 0. The molecule has 1 rings (SSSR count). The predicted octanol–water partition coefficient (Wildman–Crippen LogP) is 1.61. The first-order valence-corrected chi connectivity index (χ1v) is 2.92. The Bertz CT molecular complexity index is 201. The molecule has 0 N–H and O–H groups in total. The summed E-state index contributed by atoms with van der Waals surface area (Å²) in [6.45, 7) is -0.538. The number of hydrogen-bond donors (Lipinski definition) is 0. The van der Waals surface area contributed by atoms with Crippen molar-refractivity contribution in [3.05, 3.63) is 0 Å². The first-order chi connectivity index (χ1) is 5.40. The topological polar surface area (TPSA) is 21.6 Å². The van der Waals surface area contributed by atoms with Crippen LogP contribution in [0.2, 0.25) is 0 Å². The van der Waals surface area contributed by atoms with Gasteiger partial charge in [-0.15, -0.1) is 0 Å². The van der Waals surface area contributed by atoms with Crippen LogP contribution in [0.3, 0.4) is 0 Å². The van der Waals surface area contributed by atoms with Gasteiger partial charge in [0.25, 0.3) is 6.43 Å². The molecule has 0 saturated carbocycles. The van der Waals surface area contributed by atoms with Crippen LogP contribution in [0.4, 0.5) is 22.0 Å². The van der Waals surface area contributed by atoms with Crippen molar-refractivity contribution in [1.29, 1.82) is 0 Å². The highest BCUT2D eigenvalue weighted by Gasteiger charge is 2.64. The van der Waals surface area contributed by atoms with Crippen molar-refractivity contribution < 1.29 is 26.7 Å². The molecule has 0 amide bonds. The normalized spacial score (nSPS) is 30.2. The first-order valence-electron chi connectivity index (χ1n) is 2.92. The number of aliphatic imine (C=N–C) groups is 1. The Kier molecular flexibility index (Phi) is 2.07. The van der Waals surface area contributed by atoms with Crippen LogP contribution >= 0.6 is 0 Å². The second kappa shape index (κ2) is 2.65. The van der Waals surface area contributed by atoms with Gasteiger partial charge in [-0.1, -0.05) is 0 Å². The van der Waals surface area contributed by atoms with Gasteiger partial charge in [0.2, 0.25) is 0 Å². The van der Waals surface area contributed by atoms with Gasteiger partial charge in [0.05, 0.1) is 6.61 Å². The van der Waals surface area contributed by atoms with Crippen LogP contribution in [0.15, 0.2) is 4.99 Å². The highest BCUT2D eigenvalue weighted by atomic mass is 19.4. The number of hydrogen-bond acceptors (Lipinski definition) is 2. The zero-order valence-electron chi connectivity index (χ0n) is 5.61. The van der Waals surface area contributed by atoms with Crippen molar-refractivity contribution in [1.82, 2.24) is 0 Å². The molecule has 0 saturated heterocycles. The number of ether oxygens (including phenoxy) is 1. The summed E-state index contributed by atoms with van der Waals surface area (Å²) in [5.74, 6) is 0. The van der Waals surface area contributed by atoms with E-state index in [1.807, 2.05) is 0 Å². The van der Waals surface area contributed by atoms with E-state index in [0.717, 1.165) is 0 Å². The summed E-state index contributed by atoms with van der Waals surface area (Å²) in [6, 6.07) is 0. The van der Waals surface area contributed by atoms with Crippen molar-refractivity contribution in [3.8, 4) is 0 Å². The number of rotatable bonds is 1. The van der Waals surface area contributed by atoms with Gasteiger partial charge in [-0.05, 0) is 0 Å². The average molecular weight is 189 g/mol. The third-order valence-corrected chi connectivity index (χ3v) is 1.36. The van der Waals surface area contributed by atoms with Crippen LogP contribution in [0.1, 0.15) is 0 Å². The van der Waals surface area contributed by atoms with Crippen LogP contribution in [-0.4, -0.2) is 31.1 Å². The summed E-state index contributed by atoms with van der Waals surface area (Å²) in [7, 11) is 0. The average Bonchev–Trinajstić information content (AvgIpc) is 2.31. The molecule has 1 aliphatic heterocycles. The minimum Gasteiger partial charge on any atom is -0.336 e. The van der Waals surface area contributed by atoms with E-state index in [0.29, 0.717) is 6.21 Å². The standard InChI is InChI=1S/C5H4F5NO/c6-3(7)4(5(8,9)10)11-1-2-12-4/h1,3H,2H2. The second-order valence-electron chi connectivity index (χ2n) is 2.12. The van der Waals surface area contributed by atoms with E-state index in [9.17, 15) is 22.0 Å². The fourth-order valence-electron chi connectivity index (χ4n) is 0.773. The number of alkyl halides is 5. The van der Waals surface area contributed by atoms with Gasteiger partial charge in [-0.25, -0.2) is 13.8 Å². The molecule has 12 heavy (non-hydrogen) atoms. The van der Waals surface area contributed by atoms with E-state index < -0.39 is 24.9 Å². The zero-order valence-corrected chi connectivity index (χ0v) is 5.61. The van der Waals surface area contributed by atoms with Crippen LogP contribution in [0, 0.1) is 0 Å². The molecule has 1 heterocycles. The van der Waals surface area contributed by atoms with E-state index in [1.54, 1.807) is 0 Å². The third kappa shape index (κ3) is 1.17. The molecule has 0 aromatic rings. The summed E-state index contributed by atoms with van der Waals surface area (Å²) < 4.78 is 63.6. The summed E-state index contributed by atoms with van der Waals surface area (Å²) >= 11 is 0. The number of nitrogens with zero attached hydrogens (tertiary/aromatic N) is 1. The van der Waals surface area contributed by atoms with E-state index in [1.165, 1.54) is 0 Å². The van der Waals surface area contributed by atoms with Gasteiger partial charge in [-0.2, -0.15) is 13.2 Å². The summed E-state index contributed by atoms with van der Waals surface area (Å²) in [6.07, 6.45) is -8.19. The summed E-state index contributed by atoms with van der Waals surface area (Å²) in [4.78, 5) is 2.62. The number of halogens is 5. The third-order valence-electron chi connectivity index (χ3n) is 1.36. The van der Waals surface area contributed by atoms with Crippen LogP contribution < -0.4 is 0 Å². The Hall–Kier alpha value is -0.720. The Balaban J connectivity index is 2.96. The van der Waals surface area contributed by atoms with Gasteiger partial charge < -0.3 is 4.74 Å². The van der Waals surface area contributed by atoms with Crippen LogP contribution in [0.25, 0.3) is 0 Å². The molecule has 0 fully saturated rings. The van der Waals surface area contributed by atoms with Crippen molar-refractivity contribution in [2.75, 3.05) is 6.61 Å². The Labute approximate surface area is 64.0 Å². The van der Waals surface area contributed by atoms with Gasteiger partial charge in [0.1, 0.15) is 0 Å². The molecule has 2 nitrogen and oxygen atoms in total. The van der Waals surface area contributed by atoms with Gasteiger partial charge in [0.15, 0.2) is 0 Å². The lowest BCUT2D eigenvalue weighted by Gasteiger charge is -2.26. The van der Waals surface area contributed by atoms with Crippen LogP contribution in [0.5, 0.6) is 0 Å². The maximum atomic E-state index is 11.9. The monoisotopic (exact) mass is 189 g/mol. The molecule has 1 aliphatic rings. The maximum absolute atomic E-state index is 11.9. The molecule has 1 atom stereocenters. The van der Waals surface area contributed by atoms with Gasteiger partial charge in [-0.3, -0.25) is 0 Å². The Morgan fingerprint density at radius 1 is 1.42 bits per heavy atom. The maximum Gasteiger partial charge on any atom is 0.444 e. The van der Waals surface area contributed by atoms with Gasteiger partial charge in [0, 0.05) is 6.21 Å². The van der Waals surface area contributed by atoms with E-state index >= 15 is 0 Å². The van der Waals surface area contributed by atoms with Crippen molar-refractivity contribution in [3.63, 3.8) is 0 Å². The SMILES string of the molecule is FC(F)C1(C(F)(F)F)N=CCO1. The zero-order chi connectivity index (χ0) is 9.41. The molecular formula is C5H4F5NO. The van der Waals surface area contributed by atoms with Crippen molar-refractivity contribution in [2.45, 2.75) is 18.3 Å². The van der Waals surface area contributed by atoms with Crippen LogP contribution in [-0.2, 0) is 4.74 Å². The molecule has 0 spiro atoms. The highest BCUT2D eigenvalue weighted by Crippen LogP contribution is 2.41. The fraction of sp³-hybridized carbons (Fsp3) is 0.800. The molecule has 0 radical (unpaired) electrons. The molecule has 70 valence electrons. The lowest BCUT2D eigenvalue weighted by molar-refractivity contribution is -0.301. The lowest BCUT2D eigenvalue weighted by atomic mass is 10.2. The molecular weight excluding hydrogens is 185 g/mol. The molecule has 0 aromatic heterocycles. The Morgan fingerprint density at radius 2 is 2.00 bits per heavy atom. The van der Waals surface area contributed by atoms with E-state index in [4.69, 9.17) is 0 Å². The molecule has 7 heteroatoms. The quantitative estimate of drug-likeness (QED) is 0.574. The fourth-order valence-corrected chi connectivity index (χ4v) is 0.773. The van der Waals surface area contributed by atoms with Crippen molar-refractivity contribution in [2.24, 2.45) is 4.99 Å². The predicted molar refractivity (Wildman–Crippen MR) is 29.2 cm³/mol. The highest BCUT2D eigenvalue weighted by molar-refractivity contribution is 5.61. The second-order valence-corrected chi connectivity index (χ2v) is 2.12. The minimum absolute atomic E-state index is 0.538. The molecule has 0 aliphatic carbocycles. The lowest BCUT2D eigenvalue weighted by Crippen LogP contribution is -2.49. The van der Waals surface area contributed by atoms with E-state index in [2.05, 4.69) is 9.73 Å². The minimum atomic E-state index is -5.17. The molecule has 0 bridgehead atoms. The molecule has 1 unspecified atom stereocenters. The van der Waals surface area contributed by atoms with E-state index in [-0.39, 0.29) is 0 Å². The largest absolute Gasteiger partial charge is 0.444 e. The first kappa shape index (κ1) is 9.37. The molecule has 0 aromatic carbocycles. The van der Waals surface area contributed by atoms with Gasteiger partial charge >= 0.3 is 11.9 Å². The Morgan fingerprint density at radius 3 is 2.17 bits per heavy atom. The summed E-state index contributed by atoms with van der Waals surface area (Å²) in [5.41, 5.74) is -3.63.